The Morgan fingerprint density at radius 2 is 2.05 bits per heavy atom. The van der Waals surface area contributed by atoms with Crippen molar-refractivity contribution in [1.29, 1.82) is 0 Å². The second-order valence-electron chi connectivity index (χ2n) is 4.37. The van der Waals surface area contributed by atoms with Gasteiger partial charge in [-0.25, -0.2) is 0 Å². The summed E-state index contributed by atoms with van der Waals surface area (Å²) in [5, 5.41) is 11.9. The first-order valence-corrected chi connectivity index (χ1v) is 6.46. The lowest BCUT2D eigenvalue weighted by molar-refractivity contribution is 0.507. The van der Waals surface area contributed by atoms with Gasteiger partial charge in [0.15, 0.2) is 0 Å². The Balaban J connectivity index is 1.68. The molecule has 0 aliphatic rings. The molecule has 0 amide bonds. The molecule has 1 aromatic carbocycles. The van der Waals surface area contributed by atoms with Gasteiger partial charge in [0.05, 0.1) is 12.1 Å². The molecule has 0 aliphatic heterocycles. The summed E-state index contributed by atoms with van der Waals surface area (Å²) in [6.45, 7) is 0.948. The fourth-order valence-electron chi connectivity index (χ4n) is 2.08. The predicted octanol–water partition coefficient (Wildman–Crippen LogP) is 1.73. The van der Waals surface area contributed by atoms with Crippen LogP contribution in [0.5, 0.6) is 0 Å². The summed E-state index contributed by atoms with van der Waals surface area (Å²) in [6, 6.07) is 10.6. The van der Waals surface area contributed by atoms with E-state index in [9.17, 15) is 0 Å². The van der Waals surface area contributed by atoms with E-state index in [0.717, 1.165) is 17.3 Å². The van der Waals surface area contributed by atoms with Crippen LogP contribution in [0.3, 0.4) is 0 Å². The van der Waals surface area contributed by atoms with Crippen molar-refractivity contribution in [1.82, 2.24) is 15.2 Å². The molecular formula is C14H15N5O. The maximum absolute atomic E-state index is 5.41. The van der Waals surface area contributed by atoms with Crippen LogP contribution < -0.4 is 11.1 Å². The monoisotopic (exact) mass is 269 g/mol. The third-order valence-corrected chi connectivity index (χ3v) is 3.03. The van der Waals surface area contributed by atoms with Crippen LogP contribution >= 0.6 is 0 Å². The van der Waals surface area contributed by atoms with E-state index in [1.807, 2.05) is 18.3 Å². The first-order valence-electron chi connectivity index (χ1n) is 6.46. The average molecular weight is 269 g/mol. The van der Waals surface area contributed by atoms with E-state index in [4.69, 9.17) is 10.2 Å². The number of rotatable bonds is 5. The van der Waals surface area contributed by atoms with E-state index < -0.39 is 0 Å². The smallest absolute Gasteiger partial charge is 0.315 e. The van der Waals surface area contributed by atoms with Crippen molar-refractivity contribution in [2.75, 3.05) is 11.9 Å². The zero-order valence-corrected chi connectivity index (χ0v) is 10.9. The summed E-state index contributed by atoms with van der Waals surface area (Å²) in [5.74, 6) is 0.430. The minimum absolute atomic E-state index is 0.252. The van der Waals surface area contributed by atoms with Gasteiger partial charge in [-0.05, 0) is 18.1 Å². The van der Waals surface area contributed by atoms with Gasteiger partial charge in [0, 0.05) is 18.1 Å². The van der Waals surface area contributed by atoms with Crippen molar-refractivity contribution in [3.63, 3.8) is 0 Å². The molecule has 3 N–H and O–H groups in total. The highest BCUT2D eigenvalue weighted by molar-refractivity contribution is 5.81. The fourth-order valence-corrected chi connectivity index (χ4v) is 2.08. The number of benzene rings is 1. The van der Waals surface area contributed by atoms with Crippen molar-refractivity contribution < 1.29 is 4.42 Å². The molecule has 3 aromatic rings. The maximum atomic E-state index is 5.41. The van der Waals surface area contributed by atoms with Crippen LogP contribution in [0, 0.1) is 0 Å². The van der Waals surface area contributed by atoms with Gasteiger partial charge in [-0.15, -0.1) is 5.10 Å². The SMILES string of the molecule is NCc1nnc(NCCc2cccc3cccnc23)o1. The number of nitrogens with two attached hydrogens (primary N) is 1. The molecule has 0 atom stereocenters. The van der Waals surface area contributed by atoms with Crippen molar-refractivity contribution in [3.05, 3.63) is 48.0 Å². The van der Waals surface area contributed by atoms with E-state index in [1.54, 1.807) is 0 Å². The van der Waals surface area contributed by atoms with Crippen LogP contribution in [0.25, 0.3) is 10.9 Å². The first kappa shape index (κ1) is 12.6. The van der Waals surface area contributed by atoms with Crippen LogP contribution in [0.1, 0.15) is 11.5 Å². The molecule has 102 valence electrons. The van der Waals surface area contributed by atoms with Crippen molar-refractivity contribution in [3.8, 4) is 0 Å². The number of nitrogens with one attached hydrogen (secondary N) is 1. The van der Waals surface area contributed by atoms with E-state index in [1.165, 1.54) is 5.56 Å². The standard InChI is InChI=1S/C14H15N5O/c15-9-12-18-19-14(20-12)17-8-6-11-4-1-3-10-5-2-7-16-13(10)11/h1-5,7H,6,8-9,15H2,(H,17,19). The van der Waals surface area contributed by atoms with Gasteiger partial charge < -0.3 is 15.5 Å². The molecule has 0 bridgehead atoms. The number of hydrogen-bond acceptors (Lipinski definition) is 6. The minimum Gasteiger partial charge on any atom is -0.407 e. The van der Waals surface area contributed by atoms with Gasteiger partial charge in [-0.2, -0.15) is 0 Å². The highest BCUT2D eigenvalue weighted by Crippen LogP contribution is 2.16. The second kappa shape index (κ2) is 5.66. The summed E-state index contributed by atoms with van der Waals surface area (Å²) in [5.41, 5.74) is 7.63. The highest BCUT2D eigenvalue weighted by Gasteiger charge is 2.05. The molecule has 20 heavy (non-hydrogen) atoms. The normalized spacial score (nSPS) is 10.8. The lowest BCUT2D eigenvalue weighted by Gasteiger charge is -2.05. The molecule has 0 fully saturated rings. The molecule has 0 saturated carbocycles. The van der Waals surface area contributed by atoms with Crippen molar-refractivity contribution in [2.45, 2.75) is 13.0 Å². The van der Waals surface area contributed by atoms with Crippen LogP contribution in [0.4, 0.5) is 6.01 Å². The fraction of sp³-hybridized carbons (Fsp3) is 0.214. The average Bonchev–Trinajstić information content (AvgIpc) is 2.95. The summed E-state index contributed by atoms with van der Waals surface area (Å²) in [7, 11) is 0. The summed E-state index contributed by atoms with van der Waals surface area (Å²) < 4.78 is 5.28. The Hall–Kier alpha value is -2.47. The van der Waals surface area contributed by atoms with Crippen LogP contribution in [0.15, 0.2) is 40.9 Å². The number of aromatic nitrogens is 3. The van der Waals surface area contributed by atoms with Gasteiger partial charge in [0.1, 0.15) is 0 Å². The van der Waals surface area contributed by atoms with E-state index in [0.29, 0.717) is 18.5 Å². The zero-order chi connectivity index (χ0) is 13.8. The molecule has 0 radical (unpaired) electrons. The minimum atomic E-state index is 0.252. The highest BCUT2D eigenvalue weighted by atomic mass is 16.4. The third-order valence-electron chi connectivity index (χ3n) is 3.03. The summed E-state index contributed by atoms with van der Waals surface area (Å²) in [4.78, 5) is 4.43. The lowest BCUT2D eigenvalue weighted by Crippen LogP contribution is -2.05. The predicted molar refractivity (Wildman–Crippen MR) is 76.1 cm³/mol. The number of pyridine rings is 1. The van der Waals surface area contributed by atoms with E-state index in [-0.39, 0.29) is 6.54 Å². The third kappa shape index (κ3) is 2.60. The molecule has 3 rings (SSSR count). The molecular weight excluding hydrogens is 254 g/mol. The Morgan fingerprint density at radius 1 is 1.15 bits per heavy atom. The first-order chi connectivity index (χ1) is 9.86. The van der Waals surface area contributed by atoms with Gasteiger partial charge in [-0.1, -0.05) is 29.4 Å². The topological polar surface area (TPSA) is 89.9 Å². The lowest BCUT2D eigenvalue weighted by atomic mass is 10.1. The zero-order valence-electron chi connectivity index (χ0n) is 10.9. The number of anilines is 1. The molecule has 2 heterocycles. The molecule has 6 nitrogen and oxygen atoms in total. The van der Waals surface area contributed by atoms with Crippen LogP contribution in [-0.4, -0.2) is 21.7 Å². The largest absolute Gasteiger partial charge is 0.407 e. The Bertz CT molecular complexity index is 704. The number of nitrogens with zero attached hydrogens (tertiary/aromatic N) is 3. The van der Waals surface area contributed by atoms with E-state index in [2.05, 4.69) is 38.7 Å². The summed E-state index contributed by atoms with van der Waals surface area (Å²) in [6.07, 6.45) is 2.64. The van der Waals surface area contributed by atoms with Crippen molar-refractivity contribution in [2.24, 2.45) is 5.73 Å². The Labute approximate surface area is 116 Å². The molecule has 2 aromatic heterocycles. The number of fused-ring (bicyclic) bond motifs is 1. The Kier molecular flexibility index (Phi) is 3.56. The quantitative estimate of drug-likeness (QED) is 0.733. The molecule has 0 aliphatic carbocycles. The molecule has 0 saturated heterocycles. The van der Waals surface area contributed by atoms with Gasteiger partial charge >= 0.3 is 6.01 Å². The molecule has 0 spiro atoms. The van der Waals surface area contributed by atoms with Crippen LogP contribution in [0.2, 0.25) is 0 Å². The van der Waals surface area contributed by atoms with Gasteiger partial charge in [0.2, 0.25) is 5.89 Å². The van der Waals surface area contributed by atoms with Gasteiger partial charge in [-0.3, -0.25) is 4.98 Å². The Morgan fingerprint density at radius 3 is 2.90 bits per heavy atom. The van der Waals surface area contributed by atoms with Crippen LogP contribution in [-0.2, 0) is 13.0 Å². The molecule has 6 heteroatoms. The van der Waals surface area contributed by atoms with Crippen molar-refractivity contribution >= 4 is 16.9 Å². The van der Waals surface area contributed by atoms with Gasteiger partial charge in [0.25, 0.3) is 0 Å². The molecule has 0 unspecified atom stereocenters. The van der Waals surface area contributed by atoms with E-state index >= 15 is 0 Å². The number of para-hydroxylation sites is 1. The second-order valence-corrected chi connectivity index (χ2v) is 4.37. The number of hydrogen-bond donors (Lipinski definition) is 2. The maximum Gasteiger partial charge on any atom is 0.315 e. The summed E-state index contributed by atoms with van der Waals surface area (Å²) >= 11 is 0.